The molecule has 4 N–H and O–H groups in total. The fourth-order valence-electron chi connectivity index (χ4n) is 2.83. The Kier molecular flexibility index (Phi) is 5.64. The van der Waals surface area contributed by atoms with Crippen LogP contribution in [0.4, 0.5) is 21.7 Å². The standard InChI is InChI=1S/C16H16FN7O2.C4H8/c1-18-13-6-12(21-10-3-2-4-19-16(10)26)23-14-8(7-20-24(13)14)15(25)22-11-5-9(11)17;1-2-4-3-1/h2-4,6-7,9,11,18H,5H2,1H3,(H,19,26)(H,21,23)(H,22,25);1-4H2. The SMILES string of the molecule is C1CCC1.CNc1cc(Nc2ccc[nH]c2=O)nc2c(C(=O)NC3CC3F)cnn12. The summed E-state index contributed by atoms with van der Waals surface area (Å²) in [7, 11) is 1.70. The molecule has 2 saturated carbocycles. The Balaban J connectivity index is 0.000000489. The average Bonchev–Trinajstić information content (AvgIpc) is 3.20. The number of alkyl halides is 1. The molecule has 2 atom stereocenters. The van der Waals surface area contributed by atoms with Gasteiger partial charge in [-0.25, -0.2) is 9.37 Å². The molecule has 0 spiro atoms. The third kappa shape index (κ3) is 4.27. The van der Waals surface area contributed by atoms with Crippen molar-refractivity contribution in [1.29, 1.82) is 0 Å². The molecule has 2 aliphatic carbocycles. The Hall–Kier alpha value is -3.43. The molecule has 9 nitrogen and oxygen atoms in total. The first kappa shape index (κ1) is 19.9. The number of amides is 1. The Bertz CT molecular complexity index is 1100. The quantitative estimate of drug-likeness (QED) is 0.511. The lowest BCUT2D eigenvalue weighted by Crippen LogP contribution is -2.27. The predicted octanol–water partition coefficient (Wildman–Crippen LogP) is 2.60. The van der Waals surface area contributed by atoms with E-state index in [1.54, 1.807) is 25.2 Å². The summed E-state index contributed by atoms with van der Waals surface area (Å²) in [5.74, 6) is 0.496. The largest absolute Gasteiger partial charge is 0.373 e. The highest BCUT2D eigenvalue weighted by atomic mass is 19.1. The summed E-state index contributed by atoms with van der Waals surface area (Å²) in [6.45, 7) is 0. The van der Waals surface area contributed by atoms with Gasteiger partial charge in [0, 0.05) is 25.7 Å². The van der Waals surface area contributed by atoms with Crippen molar-refractivity contribution in [2.45, 2.75) is 44.3 Å². The number of carbonyl (C=O) groups is 1. The summed E-state index contributed by atoms with van der Waals surface area (Å²) in [5, 5.41) is 12.7. The summed E-state index contributed by atoms with van der Waals surface area (Å²) < 4.78 is 14.5. The van der Waals surface area contributed by atoms with Crippen molar-refractivity contribution in [2.75, 3.05) is 17.7 Å². The highest BCUT2D eigenvalue weighted by Crippen LogP contribution is 2.26. The second-order valence-electron chi connectivity index (χ2n) is 7.35. The third-order valence-electron chi connectivity index (χ3n) is 5.08. The second-order valence-corrected chi connectivity index (χ2v) is 7.35. The molecule has 30 heavy (non-hydrogen) atoms. The zero-order valence-electron chi connectivity index (χ0n) is 16.6. The number of carbonyl (C=O) groups excluding carboxylic acids is 1. The van der Waals surface area contributed by atoms with E-state index in [2.05, 4.69) is 31.0 Å². The van der Waals surface area contributed by atoms with Gasteiger partial charge in [-0.15, -0.1) is 0 Å². The maximum absolute atomic E-state index is 13.1. The molecule has 0 aliphatic heterocycles. The van der Waals surface area contributed by atoms with E-state index >= 15 is 0 Å². The molecule has 0 saturated heterocycles. The summed E-state index contributed by atoms with van der Waals surface area (Å²) in [5.41, 5.74) is 0.538. The van der Waals surface area contributed by atoms with Gasteiger partial charge < -0.3 is 20.9 Å². The Morgan fingerprint density at radius 2 is 2.03 bits per heavy atom. The van der Waals surface area contributed by atoms with Crippen LogP contribution in [0, 0.1) is 0 Å². The van der Waals surface area contributed by atoms with E-state index in [4.69, 9.17) is 0 Å². The third-order valence-corrected chi connectivity index (χ3v) is 5.08. The minimum Gasteiger partial charge on any atom is -0.373 e. The van der Waals surface area contributed by atoms with E-state index < -0.39 is 18.1 Å². The van der Waals surface area contributed by atoms with Crippen molar-refractivity contribution >= 4 is 28.9 Å². The van der Waals surface area contributed by atoms with Crippen LogP contribution in [-0.4, -0.2) is 44.8 Å². The van der Waals surface area contributed by atoms with Crippen molar-refractivity contribution in [2.24, 2.45) is 0 Å². The lowest BCUT2D eigenvalue weighted by molar-refractivity contribution is 0.0949. The van der Waals surface area contributed by atoms with Gasteiger partial charge in [0.25, 0.3) is 11.5 Å². The molecule has 1 amide bonds. The summed E-state index contributed by atoms with van der Waals surface area (Å²) in [6, 6.07) is 4.50. The van der Waals surface area contributed by atoms with Crippen molar-refractivity contribution < 1.29 is 9.18 Å². The molecular formula is C20H24FN7O2. The molecule has 0 bridgehead atoms. The van der Waals surface area contributed by atoms with E-state index in [1.807, 2.05) is 0 Å². The number of nitrogens with zero attached hydrogens (tertiary/aromatic N) is 3. The lowest BCUT2D eigenvalue weighted by Gasteiger charge is -2.09. The highest BCUT2D eigenvalue weighted by Gasteiger charge is 2.39. The second kappa shape index (κ2) is 8.52. The van der Waals surface area contributed by atoms with Crippen LogP contribution in [-0.2, 0) is 0 Å². The highest BCUT2D eigenvalue weighted by molar-refractivity contribution is 6.00. The molecule has 3 heterocycles. The molecule has 0 radical (unpaired) electrons. The van der Waals surface area contributed by atoms with Gasteiger partial charge in [-0.05, 0) is 12.1 Å². The molecular weight excluding hydrogens is 389 g/mol. The smallest absolute Gasteiger partial charge is 0.271 e. The first-order valence-electron chi connectivity index (χ1n) is 10.0. The number of halogens is 1. The summed E-state index contributed by atoms with van der Waals surface area (Å²) >= 11 is 0. The number of pyridine rings is 1. The molecule has 2 aliphatic rings. The molecule has 0 aromatic carbocycles. The van der Waals surface area contributed by atoms with E-state index in [0.717, 1.165) is 0 Å². The minimum atomic E-state index is -0.997. The Morgan fingerprint density at radius 1 is 1.30 bits per heavy atom. The monoisotopic (exact) mass is 413 g/mol. The maximum Gasteiger partial charge on any atom is 0.271 e. The van der Waals surface area contributed by atoms with Crippen LogP contribution in [0.15, 0.2) is 35.4 Å². The van der Waals surface area contributed by atoms with Crippen molar-refractivity contribution in [3.05, 3.63) is 46.5 Å². The molecule has 10 heteroatoms. The van der Waals surface area contributed by atoms with Gasteiger partial charge in [-0.2, -0.15) is 9.61 Å². The topological polar surface area (TPSA) is 116 Å². The number of hydrogen-bond acceptors (Lipinski definition) is 6. The number of fused-ring (bicyclic) bond motifs is 1. The number of hydrogen-bond donors (Lipinski definition) is 4. The van der Waals surface area contributed by atoms with Gasteiger partial charge in [0.15, 0.2) is 5.65 Å². The number of aromatic nitrogens is 4. The summed E-state index contributed by atoms with van der Waals surface area (Å²) in [4.78, 5) is 31.2. The number of anilines is 3. The molecule has 2 unspecified atom stereocenters. The summed E-state index contributed by atoms with van der Waals surface area (Å²) in [6.07, 6.45) is 8.24. The number of nitrogens with one attached hydrogen (secondary N) is 4. The average molecular weight is 413 g/mol. The van der Waals surface area contributed by atoms with Crippen LogP contribution in [0.3, 0.4) is 0 Å². The van der Waals surface area contributed by atoms with Crippen LogP contribution in [0.25, 0.3) is 5.65 Å². The molecule has 2 fully saturated rings. The Morgan fingerprint density at radius 3 is 2.63 bits per heavy atom. The van der Waals surface area contributed by atoms with Crippen LogP contribution in [0.5, 0.6) is 0 Å². The zero-order chi connectivity index (χ0) is 21.1. The van der Waals surface area contributed by atoms with Crippen LogP contribution in [0.1, 0.15) is 42.5 Å². The number of rotatable bonds is 5. The van der Waals surface area contributed by atoms with Gasteiger partial charge in [0.05, 0.1) is 12.2 Å². The molecule has 5 rings (SSSR count). The van der Waals surface area contributed by atoms with Crippen LogP contribution in [0.2, 0.25) is 0 Å². The number of aromatic amines is 1. The lowest BCUT2D eigenvalue weighted by atomic mass is 10.0. The first-order valence-corrected chi connectivity index (χ1v) is 10.0. The van der Waals surface area contributed by atoms with Gasteiger partial charge in [0.2, 0.25) is 0 Å². The van der Waals surface area contributed by atoms with Gasteiger partial charge >= 0.3 is 0 Å². The van der Waals surface area contributed by atoms with E-state index in [-0.39, 0.29) is 11.1 Å². The van der Waals surface area contributed by atoms with E-state index in [0.29, 0.717) is 29.4 Å². The zero-order valence-corrected chi connectivity index (χ0v) is 16.6. The van der Waals surface area contributed by atoms with Crippen LogP contribution < -0.4 is 21.5 Å². The van der Waals surface area contributed by atoms with Crippen LogP contribution >= 0.6 is 0 Å². The van der Waals surface area contributed by atoms with Gasteiger partial charge in [-0.1, -0.05) is 25.7 Å². The van der Waals surface area contributed by atoms with Crippen molar-refractivity contribution in [3.63, 3.8) is 0 Å². The van der Waals surface area contributed by atoms with E-state index in [9.17, 15) is 14.0 Å². The first-order chi connectivity index (χ1) is 14.6. The minimum absolute atomic E-state index is 0.228. The van der Waals surface area contributed by atoms with Crippen molar-refractivity contribution in [3.8, 4) is 0 Å². The normalized spacial score (nSPS) is 19.3. The number of H-pyrrole nitrogens is 1. The van der Waals surface area contributed by atoms with Gasteiger partial charge in [-0.3, -0.25) is 9.59 Å². The molecule has 158 valence electrons. The molecule has 3 aromatic rings. The maximum atomic E-state index is 13.1. The fourth-order valence-corrected chi connectivity index (χ4v) is 2.83. The molecule has 3 aromatic heterocycles. The fraction of sp³-hybridized carbons (Fsp3) is 0.400. The predicted molar refractivity (Wildman–Crippen MR) is 112 cm³/mol. The Labute approximate surface area is 172 Å². The van der Waals surface area contributed by atoms with E-state index in [1.165, 1.54) is 42.6 Å². The van der Waals surface area contributed by atoms with Crippen molar-refractivity contribution in [1.82, 2.24) is 24.9 Å². The van der Waals surface area contributed by atoms with Gasteiger partial charge in [0.1, 0.15) is 29.1 Å².